The first kappa shape index (κ1) is 15.8. The van der Waals surface area contributed by atoms with Crippen LogP contribution in [0.1, 0.15) is 19.8 Å². The third-order valence-electron chi connectivity index (χ3n) is 2.36. The minimum atomic E-state index is -1.05. The van der Waals surface area contributed by atoms with Gasteiger partial charge < -0.3 is 15.7 Å². The molecule has 0 fully saturated rings. The number of anilines is 1. The number of rotatable bonds is 5. The molecule has 3 N–H and O–H groups in total. The van der Waals surface area contributed by atoms with Crippen molar-refractivity contribution in [2.24, 2.45) is 0 Å². The highest BCUT2D eigenvalue weighted by Gasteiger charge is 2.19. The van der Waals surface area contributed by atoms with E-state index in [9.17, 15) is 9.59 Å². The fourth-order valence-electron chi connectivity index (χ4n) is 1.46. The Kier molecular flexibility index (Phi) is 6.11. The minimum Gasteiger partial charge on any atom is -0.480 e. The molecule has 1 unspecified atom stereocenters. The minimum absolute atomic E-state index is 0.374. The lowest BCUT2D eigenvalue weighted by Crippen LogP contribution is -2.42. The number of amides is 2. The van der Waals surface area contributed by atoms with Crippen molar-refractivity contribution in [1.29, 1.82) is 0 Å². The van der Waals surface area contributed by atoms with Crippen LogP contribution >= 0.6 is 27.5 Å². The maximum Gasteiger partial charge on any atom is 0.326 e. The van der Waals surface area contributed by atoms with Gasteiger partial charge in [-0.3, -0.25) is 0 Å². The number of hydrogen-bond acceptors (Lipinski definition) is 2. The highest BCUT2D eigenvalue weighted by atomic mass is 79.9. The summed E-state index contributed by atoms with van der Waals surface area (Å²) >= 11 is 9.09. The Morgan fingerprint density at radius 1 is 1.47 bits per heavy atom. The van der Waals surface area contributed by atoms with Crippen molar-refractivity contribution in [2.75, 3.05) is 5.32 Å². The van der Waals surface area contributed by atoms with E-state index in [1.807, 2.05) is 6.92 Å². The van der Waals surface area contributed by atoms with Gasteiger partial charge in [0.15, 0.2) is 0 Å². The quantitative estimate of drug-likeness (QED) is 0.761. The van der Waals surface area contributed by atoms with Gasteiger partial charge in [0.2, 0.25) is 0 Å². The van der Waals surface area contributed by atoms with Gasteiger partial charge in [0.05, 0.1) is 5.69 Å². The molecule has 7 heteroatoms. The molecule has 0 radical (unpaired) electrons. The Labute approximate surface area is 124 Å². The molecule has 0 aliphatic carbocycles. The SMILES string of the molecule is CCCC(NC(=O)Nc1cc(Cl)ccc1Br)C(=O)O. The number of hydrogen-bond donors (Lipinski definition) is 3. The van der Waals surface area contributed by atoms with Crippen molar-refractivity contribution in [3.8, 4) is 0 Å². The lowest BCUT2D eigenvalue weighted by atomic mass is 10.2. The van der Waals surface area contributed by atoms with Crippen molar-refractivity contribution in [2.45, 2.75) is 25.8 Å². The Morgan fingerprint density at radius 2 is 2.16 bits per heavy atom. The number of halogens is 2. The zero-order valence-electron chi connectivity index (χ0n) is 10.2. The first-order chi connectivity index (χ1) is 8.93. The molecule has 0 aromatic heterocycles. The van der Waals surface area contributed by atoms with Crippen LogP contribution in [0.5, 0.6) is 0 Å². The van der Waals surface area contributed by atoms with E-state index in [0.717, 1.165) is 0 Å². The second-order valence-corrected chi connectivity index (χ2v) is 5.19. The summed E-state index contributed by atoms with van der Waals surface area (Å²) in [5, 5.41) is 14.4. The van der Waals surface area contributed by atoms with Gasteiger partial charge in [-0.05, 0) is 40.5 Å². The number of carboxylic acid groups (broad SMARTS) is 1. The Bertz CT molecular complexity index is 482. The third-order valence-corrected chi connectivity index (χ3v) is 3.28. The molecule has 104 valence electrons. The predicted molar refractivity (Wildman–Crippen MR) is 77.6 cm³/mol. The number of aliphatic carboxylic acids is 1. The second kappa shape index (κ2) is 7.35. The van der Waals surface area contributed by atoms with E-state index >= 15 is 0 Å². The maximum absolute atomic E-state index is 11.7. The largest absolute Gasteiger partial charge is 0.480 e. The van der Waals surface area contributed by atoms with E-state index in [1.54, 1.807) is 18.2 Å². The van der Waals surface area contributed by atoms with Crippen molar-refractivity contribution >= 4 is 45.2 Å². The smallest absolute Gasteiger partial charge is 0.326 e. The van der Waals surface area contributed by atoms with Crippen LogP contribution in [0, 0.1) is 0 Å². The van der Waals surface area contributed by atoms with Gasteiger partial charge in [0, 0.05) is 9.50 Å². The van der Waals surface area contributed by atoms with Gasteiger partial charge in [0.25, 0.3) is 0 Å². The summed E-state index contributed by atoms with van der Waals surface area (Å²) in [5.41, 5.74) is 0.477. The molecule has 0 aliphatic rings. The fourth-order valence-corrected chi connectivity index (χ4v) is 1.97. The summed E-state index contributed by atoms with van der Waals surface area (Å²) in [6.45, 7) is 1.85. The highest BCUT2D eigenvalue weighted by Crippen LogP contribution is 2.25. The van der Waals surface area contributed by atoms with E-state index in [0.29, 0.717) is 28.0 Å². The van der Waals surface area contributed by atoms with Gasteiger partial charge in [-0.25, -0.2) is 9.59 Å². The van der Waals surface area contributed by atoms with Crippen LogP contribution < -0.4 is 10.6 Å². The van der Waals surface area contributed by atoms with Crippen LogP contribution in [0.3, 0.4) is 0 Å². The molecular formula is C12H14BrClN2O3. The second-order valence-electron chi connectivity index (χ2n) is 3.90. The summed E-state index contributed by atoms with van der Waals surface area (Å²) in [7, 11) is 0. The zero-order valence-corrected chi connectivity index (χ0v) is 12.6. The first-order valence-electron chi connectivity index (χ1n) is 5.69. The lowest BCUT2D eigenvalue weighted by molar-refractivity contribution is -0.139. The zero-order chi connectivity index (χ0) is 14.4. The van der Waals surface area contributed by atoms with Crippen LogP contribution in [0.4, 0.5) is 10.5 Å². The van der Waals surface area contributed by atoms with Gasteiger partial charge in [-0.2, -0.15) is 0 Å². The molecule has 1 atom stereocenters. The molecule has 2 amide bonds. The third kappa shape index (κ3) is 5.08. The van der Waals surface area contributed by atoms with Gasteiger partial charge in [-0.1, -0.05) is 24.9 Å². The Morgan fingerprint density at radius 3 is 2.74 bits per heavy atom. The lowest BCUT2D eigenvalue weighted by Gasteiger charge is -2.15. The van der Waals surface area contributed by atoms with Gasteiger partial charge in [-0.15, -0.1) is 0 Å². The predicted octanol–water partition coefficient (Wildman–Crippen LogP) is 3.48. The maximum atomic E-state index is 11.7. The van der Waals surface area contributed by atoms with Gasteiger partial charge >= 0.3 is 12.0 Å². The number of carbonyl (C=O) groups excluding carboxylic acids is 1. The summed E-state index contributed by atoms with van der Waals surface area (Å²) in [6.07, 6.45) is 1.04. The van der Waals surface area contributed by atoms with Crippen molar-refractivity contribution in [3.05, 3.63) is 27.7 Å². The molecule has 0 spiro atoms. The summed E-state index contributed by atoms with van der Waals surface area (Å²) < 4.78 is 0.661. The van der Waals surface area contributed by atoms with Crippen LogP contribution in [0.15, 0.2) is 22.7 Å². The summed E-state index contributed by atoms with van der Waals surface area (Å²) in [6, 6.07) is 3.46. The summed E-state index contributed by atoms with van der Waals surface area (Å²) in [5.74, 6) is -1.05. The average Bonchev–Trinajstić information content (AvgIpc) is 2.33. The van der Waals surface area contributed by atoms with Crippen LogP contribution in [-0.2, 0) is 4.79 Å². The standard InChI is InChI=1S/C12H14BrClN2O3/c1-2-3-9(11(17)18)15-12(19)16-10-6-7(14)4-5-8(10)13/h4-6,9H,2-3H2,1H3,(H,17,18)(H2,15,16,19). The number of carboxylic acids is 1. The van der Waals surface area contributed by atoms with Crippen molar-refractivity contribution in [3.63, 3.8) is 0 Å². The van der Waals surface area contributed by atoms with Crippen molar-refractivity contribution < 1.29 is 14.7 Å². The Balaban J connectivity index is 2.68. The summed E-state index contributed by atoms with van der Waals surface area (Å²) in [4.78, 5) is 22.6. The number of carbonyl (C=O) groups is 2. The number of nitrogens with one attached hydrogen (secondary N) is 2. The van der Waals surface area contributed by atoms with E-state index in [2.05, 4.69) is 26.6 Å². The molecule has 0 saturated carbocycles. The number of benzene rings is 1. The topological polar surface area (TPSA) is 78.4 Å². The monoisotopic (exact) mass is 348 g/mol. The molecule has 0 bridgehead atoms. The molecule has 1 aromatic carbocycles. The van der Waals surface area contributed by atoms with Gasteiger partial charge in [0.1, 0.15) is 6.04 Å². The first-order valence-corrected chi connectivity index (χ1v) is 6.86. The van der Waals surface area contributed by atoms with E-state index in [-0.39, 0.29) is 0 Å². The van der Waals surface area contributed by atoms with E-state index in [4.69, 9.17) is 16.7 Å². The number of urea groups is 1. The molecular weight excluding hydrogens is 336 g/mol. The van der Waals surface area contributed by atoms with Crippen LogP contribution in [-0.4, -0.2) is 23.1 Å². The fraction of sp³-hybridized carbons (Fsp3) is 0.333. The van der Waals surface area contributed by atoms with Crippen LogP contribution in [0.2, 0.25) is 5.02 Å². The molecule has 5 nitrogen and oxygen atoms in total. The molecule has 0 saturated heterocycles. The molecule has 19 heavy (non-hydrogen) atoms. The molecule has 0 heterocycles. The average molecular weight is 350 g/mol. The molecule has 0 aliphatic heterocycles. The van der Waals surface area contributed by atoms with E-state index in [1.165, 1.54) is 0 Å². The molecule has 1 aromatic rings. The molecule has 1 rings (SSSR count). The highest BCUT2D eigenvalue weighted by molar-refractivity contribution is 9.10. The Hall–Kier alpha value is -1.27. The van der Waals surface area contributed by atoms with Crippen molar-refractivity contribution in [1.82, 2.24) is 5.32 Å². The van der Waals surface area contributed by atoms with Crippen LogP contribution in [0.25, 0.3) is 0 Å². The normalized spacial score (nSPS) is 11.7. The van der Waals surface area contributed by atoms with E-state index < -0.39 is 18.0 Å².